The molecule has 4 rings (SSSR count). The van der Waals surface area contributed by atoms with Crippen LogP contribution >= 0.6 is 48.0 Å². The topological polar surface area (TPSA) is 25.4 Å². The largest absolute Gasteiger partial charge is 0.496 e. The molecule has 1 saturated carbocycles. The molecule has 0 spiro atoms. The fourth-order valence-corrected chi connectivity index (χ4v) is 4.77. The van der Waals surface area contributed by atoms with Crippen molar-refractivity contribution in [3.05, 3.63) is 63.5 Å². The van der Waals surface area contributed by atoms with Crippen LogP contribution in [0.15, 0.2) is 36.8 Å². The van der Waals surface area contributed by atoms with E-state index in [1.165, 1.54) is 31.2 Å². The molecule has 1 atom stereocenters. The number of nitrogens with zero attached hydrogens (tertiary/aromatic N) is 2. The van der Waals surface area contributed by atoms with Crippen LogP contribution < -0.4 is 4.74 Å². The van der Waals surface area contributed by atoms with Gasteiger partial charge in [0.1, 0.15) is 5.75 Å². The van der Waals surface area contributed by atoms with Crippen molar-refractivity contribution in [1.82, 2.24) is 9.88 Å². The second kappa shape index (κ2) is 10.1. The van der Waals surface area contributed by atoms with Crippen LogP contribution in [-0.2, 0) is 6.42 Å². The Morgan fingerprint density at radius 3 is 2.43 bits per heavy atom. The molecule has 1 aromatic carbocycles. The standard InChI is InChI=1S/C21H22Cl2N2O.2ClH/c1-26-21-8-4-7-15-16(21)9-10-25(14-5-2-3-6-14)20(15)11-17-18(22)12-24-13-19(17)23;;/h4,7-10,12-14,20H,2-3,5-6,11H2,1H3;2*1H. The zero-order valence-corrected chi connectivity index (χ0v) is 18.8. The number of fused-ring (bicyclic) bond motifs is 1. The van der Waals surface area contributed by atoms with Crippen molar-refractivity contribution >= 4 is 54.1 Å². The minimum absolute atomic E-state index is 0. The van der Waals surface area contributed by atoms with E-state index >= 15 is 0 Å². The quantitative estimate of drug-likeness (QED) is 0.503. The molecule has 0 bridgehead atoms. The van der Waals surface area contributed by atoms with Crippen molar-refractivity contribution < 1.29 is 4.74 Å². The monoisotopic (exact) mass is 460 g/mol. The first kappa shape index (κ1) is 23.2. The predicted octanol–water partition coefficient (Wildman–Crippen LogP) is 6.75. The van der Waals surface area contributed by atoms with Gasteiger partial charge in [-0.1, -0.05) is 48.2 Å². The molecule has 1 unspecified atom stereocenters. The highest BCUT2D eigenvalue weighted by molar-refractivity contribution is 6.35. The lowest BCUT2D eigenvalue weighted by molar-refractivity contribution is 0.202. The number of hydrogen-bond acceptors (Lipinski definition) is 3. The first-order valence-electron chi connectivity index (χ1n) is 9.09. The van der Waals surface area contributed by atoms with Gasteiger partial charge in [-0.3, -0.25) is 4.98 Å². The molecule has 3 nitrogen and oxygen atoms in total. The number of aromatic nitrogens is 1. The van der Waals surface area contributed by atoms with E-state index < -0.39 is 0 Å². The molecule has 0 saturated heterocycles. The highest BCUT2D eigenvalue weighted by Crippen LogP contribution is 2.42. The zero-order chi connectivity index (χ0) is 18.1. The maximum atomic E-state index is 6.43. The van der Waals surface area contributed by atoms with E-state index in [9.17, 15) is 0 Å². The number of methoxy groups -OCH3 is 1. The van der Waals surface area contributed by atoms with Crippen molar-refractivity contribution in [3.8, 4) is 5.75 Å². The average Bonchev–Trinajstić information content (AvgIpc) is 3.18. The van der Waals surface area contributed by atoms with Gasteiger partial charge in [-0.25, -0.2) is 0 Å². The van der Waals surface area contributed by atoms with Gasteiger partial charge < -0.3 is 9.64 Å². The summed E-state index contributed by atoms with van der Waals surface area (Å²) in [5, 5.41) is 1.26. The first-order chi connectivity index (χ1) is 12.7. The molecule has 2 aromatic rings. The highest BCUT2D eigenvalue weighted by Gasteiger charge is 2.32. The molecule has 2 heterocycles. The predicted molar refractivity (Wildman–Crippen MR) is 121 cm³/mol. The van der Waals surface area contributed by atoms with E-state index in [-0.39, 0.29) is 30.9 Å². The third-order valence-electron chi connectivity index (χ3n) is 5.55. The van der Waals surface area contributed by atoms with Crippen LogP contribution in [0.1, 0.15) is 48.4 Å². The summed E-state index contributed by atoms with van der Waals surface area (Å²) in [5.41, 5.74) is 3.37. The van der Waals surface area contributed by atoms with Gasteiger partial charge in [-0.2, -0.15) is 0 Å². The molecular weight excluding hydrogens is 438 g/mol. The Balaban J connectivity index is 0.00000140. The Hall–Kier alpha value is -1.13. The number of hydrogen-bond donors (Lipinski definition) is 0. The van der Waals surface area contributed by atoms with Gasteiger partial charge in [0.15, 0.2) is 0 Å². The van der Waals surface area contributed by atoms with E-state index in [4.69, 9.17) is 27.9 Å². The lowest BCUT2D eigenvalue weighted by Gasteiger charge is -2.40. The third kappa shape index (κ3) is 4.38. The van der Waals surface area contributed by atoms with Crippen molar-refractivity contribution in [1.29, 1.82) is 0 Å². The SMILES string of the molecule is COc1cccc2c1C=CN(C1CCCC1)C2Cc1c(Cl)cncc1Cl.Cl.Cl. The van der Waals surface area contributed by atoms with Gasteiger partial charge in [-0.05, 0) is 36.1 Å². The molecule has 1 aromatic heterocycles. The van der Waals surface area contributed by atoms with E-state index in [0.29, 0.717) is 16.1 Å². The minimum Gasteiger partial charge on any atom is -0.496 e. The zero-order valence-electron chi connectivity index (χ0n) is 15.6. The van der Waals surface area contributed by atoms with Gasteiger partial charge in [0.05, 0.1) is 23.2 Å². The van der Waals surface area contributed by atoms with Crippen LogP contribution in [0.4, 0.5) is 0 Å². The van der Waals surface area contributed by atoms with Gasteiger partial charge in [-0.15, -0.1) is 24.8 Å². The summed E-state index contributed by atoms with van der Waals surface area (Å²) in [6.07, 6.45) is 13.6. The minimum atomic E-state index is 0. The smallest absolute Gasteiger partial charge is 0.126 e. The van der Waals surface area contributed by atoms with Gasteiger partial charge in [0, 0.05) is 36.6 Å². The van der Waals surface area contributed by atoms with E-state index in [0.717, 1.165) is 23.3 Å². The fourth-order valence-electron chi connectivity index (χ4n) is 4.25. The lowest BCUT2D eigenvalue weighted by Crippen LogP contribution is -2.35. The molecule has 7 heteroatoms. The van der Waals surface area contributed by atoms with Crippen molar-refractivity contribution in [3.63, 3.8) is 0 Å². The molecule has 1 aliphatic carbocycles. The second-order valence-electron chi connectivity index (χ2n) is 6.97. The van der Waals surface area contributed by atoms with Crippen LogP contribution in [0.2, 0.25) is 10.0 Å². The number of benzene rings is 1. The van der Waals surface area contributed by atoms with E-state index in [1.807, 2.05) is 6.07 Å². The Morgan fingerprint density at radius 2 is 1.79 bits per heavy atom. The summed E-state index contributed by atoms with van der Waals surface area (Å²) in [6, 6.07) is 7.02. The van der Waals surface area contributed by atoms with Crippen LogP contribution in [0.25, 0.3) is 6.08 Å². The Morgan fingerprint density at radius 1 is 1.11 bits per heavy atom. The second-order valence-corrected chi connectivity index (χ2v) is 7.78. The van der Waals surface area contributed by atoms with Crippen LogP contribution in [0.3, 0.4) is 0 Å². The van der Waals surface area contributed by atoms with E-state index in [2.05, 4.69) is 34.3 Å². The Labute approximate surface area is 188 Å². The molecule has 28 heavy (non-hydrogen) atoms. The maximum absolute atomic E-state index is 6.43. The molecule has 2 aliphatic rings. The van der Waals surface area contributed by atoms with Crippen molar-refractivity contribution in [2.24, 2.45) is 0 Å². The summed E-state index contributed by atoms with van der Waals surface area (Å²) in [6.45, 7) is 0. The lowest BCUT2D eigenvalue weighted by atomic mass is 9.89. The highest BCUT2D eigenvalue weighted by atomic mass is 35.5. The van der Waals surface area contributed by atoms with Crippen molar-refractivity contribution in [2.75, 3.05) is 7.11 Å². The Bertz CT molecular complexity index is 817. The van der Waals surface area contributed by atoms with Crippen LogP contribution in [-0.4, -0.2) is 23.0 Å². The summed E-state index contributed by atoms with van der Waals surface area (Å²) in [7, 11) is 1.72. The normalized spacial score (nSPS) is 18.2. The summed E-state index contributed by atoms with van der Waals surface area (Å²) in [4.78, 5) is 6.60. The molecule has 1 fully saturated rings. The number of halogens is 4. The van der Waals surface area contributed by atoms with Crippen LogP contribution in [0.5, 0.6) is 5.75 Å². The van der Waals surface area contributed by atoms with Gasteiger partial charge in [0.2, 0.25) is 0 Å². The van der Waals surface area contributed by atoms with E-state index in [1.54, 1.807) is 19.5 Å². The summed E-state index contributed by atoms with van der Waals surface area (Å²) >= 11 is 12.9. The number of ether oxygens (including phenoxy) is 1. The maximum Gasteiger partial charge on any atom is 0.126 e. The Kier molecular flexibility index (Phi) is 8.32. The molecule has 0 amide bonds. The van der Waals surface area contributed by atoms with Gasteiger partial charge in [0.25, 0.3) is 0 Å². The number of rotatable bonds is 4. The van der Waals surface area contributed by atoms with Gasteiger partial charge >= 0.3 is 0 Å². The fraction of sp³-hybridized carbons (Fsp3) is 0.381. The molecule has 152 valence electrons. The van der Waals surface area contributed by atoms with Crippen molar-refractivity contribution in [2.45, 2.75) is 44.2 Å². The summed E-state index contributed by atoms with van der Waals surface area (Å²) < 4.78 is 5.59. The first-order valence-corrected chi connectivity index (χ1v) is 9.85. The van der Waals surface area contributed by atoms with Crippen LogP contribution in [0, 0.1) is 0 Å². The average molecular weight is 462 g/mol. The molecule has 0 radical (unpaired) electrons. The number of pyridine rings is 1. The molecule has 0 N–H and O–H groups in total. The summed E-state index contributed by atoms with van der Waals surface area (Å²) in [5.74, 6) is 0.904. The third-order valence-corrected chi connectivity index (χ3v) is 6.20. The molecule has 1 aliphatic heterocycles. The molecular formula is C21H24Cl4N2O.